The van der Waals surface area contributed by atoms with Crippen LogP contribution in [0.25, 0.3) is 6.08 Å². The minimum absolute atomic E-state index is 0.233. The van der Waals surface area contributed by atoms with Crippen LogP contribution in [-0.4, -0.2) is 0 Å². The maximum atomic E-state index is 2.30. The van der Waals surface area contributed by atoms with E-state index in [0.29, 0.717) is 5.92 Å². The Bertz CT molecular complexity index is 568. The molecular formula is C21H26. The summed E-state index contributed by atoms with van der Waals surface area (Å²) in [4.78, 5) is 0. The number of hydrogen-bond acceptors (Lipinski definition) is 0. The lowest BCUT2D eigenvalue weighted by Gasteiger charge is -2.19. The molecule has 0 aromatic heterocycles. The molecule has 0 heteroatoms. The number of benzene rings is 2. The van der Waals surface area contributed by atoms with Crippen LogP contribution in [0.2, 0.25) is 0 Å². The van der Waals surface area contributed by atoms with Gasteiger partial charge in [0.1, 0.15) is 0 Å². The minimum atomic E-state index is 0.233. The van der Waals surface area contributed by atoms with Crippen molar-refractivity contribution >= 4 is 6.08 Å². The Kier molecular flexibility index (Phi) is 5.01. The Morgan fingerprint density at radius 3 is 2.10 bits per heavy atom. The fourth-order valence-electron chi connectivity index (χ4n) is 2.42. The van der Waals surface area contributed by atoms with Gasteiger partial charge in [-0.25, -0.2) is 0 Å². The van der Waals surface area contributed by atoms with Gasteiger partial charge < -0.3 is 0 Å². The quantitative estimate of drug-likeness (QED) is 0.655. The highest BCUT2D eigenvalue weighted by Gasteiger charge is 2.12. The van der Waals surface area contributed by atoms with E-state index < -0.39 is 0 Å². The lowest BCUT2D eigenvalue weighted by atomic mass is 9.86. The molecule has 0 aliphatic rings. The van der Waals surface area contributed by atoms with E-state index in [1.165, 1.54) is 16.7 Å². The van der Waals surface area contributed by atoms with Gasteiger partial charge in [-0.3, -0.25) is 0 Å². The molecule has 0 heterocycles. The van der Waals surface area contributed by atoms with Gasteiger partial charge in [-0.15, -0.1) is 0 Å². The standard InChI is InChI=1S/C21H26/c1-17(10-11-18-8-6-5-7-9-18)16-19-12-14-20(15-13-19)21(2,3)4/h5-15,17H,16H2,1-4H3/b11-10+. The molecule has 0 aliphatic heterocycles. The third kappa shape index (κ3) is 4.90. The molecule has 2 aromatic carbocycles. The average Bonchev–Trinajstić information content (AvgIpc) is 2.46. The van der Waals surface area contributed by atoms with Gasteiger partial charge in [0, 0.05) is 0 Å². The maximum absolute atomic E-state index is 2.30. The molecule has 0 fully saturated rings. The third-order valence-electron chi connectivity index (χ3n) is 3.79. The molecule has 0 bridgehead atoms. The summed E-state index contributed by atoms with van der Waals surface area (Å²) in [6.07, 6.45) is 5.61. The topological polar surface area (TPSA) is 0 Å². The summed E-state index contributed by atoms with van der Waals surface area (Å²) in [7, 11) is 0. The zero-order valence-electron chi connectivity index (χ0n) is 13.6. The first kappa shape index (κ1) is 15.6. The van der Waals surface area contributed by atoms with Gasteiger partial charge in [-0.1, -0.05) is 94.4 Å². The van der Waals surface area contributed by atoms with Crippen LogP contribution in [0.3, 0.4) is 0 Å². The Morgan fingerprint density at radius 1 is 0.905 bits per heavy atom. The van der Waals surface area contributed by atoms with Crippen molar-refractivity contribution in [2.45, 2.75) is 39.5 Å². The van der Waals surface area contributed by atoms with Crippen molar-refractivity contribution in [1.29, 1.82) is 0 Å². The predicted molar refractivity (Wildman–Crippen MR) is 93.5 cm³/mol. The van der Waals surface area contributed by atoms with Gasteiger partial charge >= 0.3 is 0 Å². The molecule has 1 unspecified atom stereocenters. The first-order chi connectivity index (χ1) is 9.95. The molecule has 0 radical (unpaired) electrons. The highest BCUT2D eigenvalue weighted by molar-refractivity contribution is 5.49. The van der Waals surface area contributed by atoms with Crippen LogP contribution < -0.4 is 0 Å². The Morgan fingerprint density at radius 2 is 1.52 bits per heavy atom. The normalized spacial score (nSPS) is 13.5. The van der Waals surface area contributed by atoms with Crippen LogP contribution in [0.15, 0.2) is 60.7 Å². The molecule has 2 rings (SSSR count). The van der Waals surface area contributed by atoms with Crippen molar-refractivity contribution in [2.75, 3.05) is 0 Å². The minimum Gasteiger partial charge on any atom is -0.0808 e. The zero-order chi connectivity index (χ0) is 15.3. The molecule has 2 aromatic rings. The molecule has 0 saturated carbocycles. The van der Waals surface area contributed by atoms with Gasteiger partial charge in [0.05, 0.1) is 0 Å². The van der Waals surface area contributed by atoms with Crippen molar-refractivity contribution in [3.63, 3.8) is 0 Å². The van der Waals surface area contributed by atoms with Crippen molar-refractivity contribution in [3.8, 4) is 0 Å². The summed E-state index contributed by atoms with van der Waals surface area (Å²) < 4.78 is 0. The summed E-state index contributed by atoms with van der Waals surface area (Å²) in [6, 6.07) is 19.6. The highest BCUT2D eigenvalue weighted by Crippen LogP contribution is 2.23. The fraction of sp³-hybridized carbons (Fsp3) is 0.333. The summed E-state index contributed by atoms with van der Waals surface area (Å²) in [6.45, 7) is 9.05. The summed E-state index contributed by atoms with van der Waals surface area (Å²) in [5.74, 6) is 0.547. The van der Waals surface area contributed by atoms with E-state index in [-0.39, 0.29) is 5.41 Å². The van der Waals surface area contributed by atoms with Gasteiger partial charge in [-0.2, -0.15) is 0 Å². The molecule has 0 amide bonds. The second-order valence-electron chi connectivity index (χ2n) is 6.90. The van der Waals surface area contributed by atoms with E-state index in [2.05, 4.69) is 94.4 Å². The first-order valence-corrected chi connectivity index (χ1v) is 7.78. The maximum Gasteiger partial charge on any atom is -0.0132 e. The monoisotopic (exact) mass is 278 g/mol. The molecule has 0 saturated heterocycles. The molecule has 0 aliphatic carbocycles. The SMILES string of the molecule is CC(/C=C/c1ccccc1)Cc1ccc(C(C)(C)C)cc1. The lowest BCUT2D eigenvalue weighted by molar-refractivity contribution is 0.589. The number of allylic oxidation sites excluding steroid dienone is 1. The third-order valence-corrected chi connectivity index (χ3v) is 3.79. The summed E-state index contributed by atoms with van der Waals surface area (Å²) in [5.41, 5.74) is 4.32. The van der Waals surface area contributed by atoms with E-state index >= 15 is 0 Å². The number of rotatable bonds is 4. The van der Waals surface area contributed by atoms with Crippen LogP contribution in [0.1, 0.15) is 44.4 Å². The molecule has 0 spiro atoms. The largest absolute Gasteiger partial charge is 0.0808 e. The van der Waals surface area contributed by atoms with E-state index in [4.69, 9.17) is 0 Å². The van der Waals surface area contributed by atoms with Crippen molar-refractivity contribution in [2.24, 2.45) is 5.92 Å². The van der Waals surface area contributed by atoms with Crippen LogP contribution in [0, 0.1) is 5.92 Å². The second kappa shape index (κ2) is 6.76. The van der Waals surface area contributed by atoms with Crippen LogP contribution in [0.4, 0.5) is 0 Å². The van der Waals surface area contributed by atoms with E-state index in [1.54, 1.807) is 0 Å². The van der Waals surface area contributed by atoms with Crippen molar-refractivity contribution < 1.29 is 0 Å². The Balaban J connectivity index is 1.97. The van der Waals surface area contributed by atoms with E-state index in [0.717, 1.165) is 6.42 Å². The molecule has 1 atom stereocenters. The van der Waals surface area contributed by atoms with Gasteiger partial charge in [0.15, 0.2) is 0 Å². The van der Waals surface area contributed by atoms with Crippen LogP contribution >= 0.6 is 0 Å². The second-order valence-corrected chi connectivity index (χ2v) is 6.90. The molecule has 21 heavy (non-hydrogen) atoms. The summed E-state index contributed by atoms with van der Waals surface area (Å²) >= 11 is 0. The van der Waals surface area contributed by atoms with Crippen LogP contribution in [-0.2, 0) is 11.8 Å². The van der Waals surface area contributed by atoms with Crippen LogP contribution in [0.5, 0.6) is 0 Å². The van der Waals surface area contributed by atoms with Gasteiger partial charge in [-0.05, 0) is 34.4 Å². The highest BCUT2D eigenvalue weighted by atomic mass is 14.2. The number of hydrogen-bond donors (Lipinski definition) is 0. The molecular weight excluding hydrogens is 252 g/mol. The first-order valence-electron chi connectivity index (χ1n) is 7.78. The average molecular weight is 278 g/mol. The Labute approximate surface area is 129 Å². The lowest BCUT2D eigenvalue weighted by Crippen LogP contribution is -2.10. The molecule has 110 valence electrons. The van der Waals surface area contributed by atoms with E-state index in [9.17, 15) is 0 Å². The van der Waals surface area contributed by atoms with Gasteiger partial charge in [0.2, 0.25) is 0 Å². The van der Waals surface area contributed by atoms with Crippen molar-refractivity contribution in [1.82, 2.24) is 0 Å². The fourth-order valence-corrected chi connectivity index (χ4v) is 2.42. The van der Waals surface area contributed by atoms with Crippen molar-refractivity contribution in [3.05, 3.63) is 77.4 Å². The van der Waals surface area contributed by atoms with Gasteiger partial charge in [0.25, 0.3) is 0 Å². The van der Waals surface area contributed by atoms with E-state index in [1.807, 2.05) is 0 Å². The summed E-state index contributed by atoms with van der Waals surface area (Å²) in [5, 5.41) is 0. The molecule has 0 N–H and O–H groups in total. The molecule has 0 nitrogen and oxygen atoms in total. The predicted octanol–water partition coefficient (Wildman–Crippen LogP) is 5.88. The Hall–Kier alpha value is -1.82. The zero-order valence-corrected chi connectivity index (χ0v) is 13.6. The smallest absolute Gasteiger partial charge is 0.0132 e.